The maximum atomic E-state index is 13.3. The molecule has 35 heavy (non-hydrogen) atoms. The van der Waals surface area contributed by atoms with Crippen LogP contribution in [0.1, 0.15) is 46.4 Å². The molecule has 9 nitrogen and oxygen atoms in total. The Kier molecular flexibility index (Phi) is 6.92. The van der Waals surface area contributed by atoms with E-state index in [9.17, 15) is 19.5 Å². The molecule has 1 aliphatic rings. The van der Waals surface area contributed by atoms with Gasteiger partial charge in [-0.05, 0) is 50.6 Å². The monoisotopic (exact) mass is 493 g/mol. The first-order valence-electron chi connectivity index (χ1n) is 11.0. The van der Waals surface area contributed by atoms with Gasteiger partial charge in [-0.25, -0.2) is 9.78 Å². The van der Waals surface area contributed by atoms with Gasteiger partial charge in [0, 0.05) is 18.0 Å². The zero-order valence-electron chi connectivity index (χ0n) is 19.3. The van der Waals surface area contributed by atoms with E-state index in [0.717, 1.165) is 11.3 Å². The van der Waals surface area contributed by atoms with Crippen LogP contribution in [0, 0.1) is 6.92 Å². The van der Waals surface area contributed by atoms with Gasteiger partial charge in [0.1, 0.15) is 16.4 Å². The van der Waals surface area contributed by atoms with Crippen molar-refractivity contribution in [3.05, 3.63) is 76.1 Å². The van der Waals surface area contributed by atoms with Crippen LogP contribution in [0.3, 0.4) is 0 Å². The average molecular weight is 494 g/mol. The number of nitrogens with zero attached hydrogens (tertiary/aromatic N) is 3. The first-order chi connectivity index (χ1) is 16.9. The minimum atomic E-state index is -0.973. The van der Waals surface area contributed by atoms with Crippen LogP contribution in [0.15, 0.2) is 54.4 Å². The predicted octanol–water partition coefficient (Wildman–Crippen LogP) is 4.05. The molecular weight excluding hydrogens is 470 g/mol. The quantitative estimate of drug-likeness (QED) is 0.227. The fourth-order valence-corrected chi connectivity index (χ4v) is 4.78. The van der Waals surface area contributed by atoms with E-state index in [2.05, 4.69) is 9.97 Å². The van der Waals surface area contributed by atoms with Gasteiger partial charge in [-0.15, -0.1) is 0 Å². The maximum Gasteiger partial charge on any atom is 0.350 e. The standard InChI is InChI=1S/C25H23N3O6S/c1-4-33-17-8-6-15(7-9-17)19-18(20(29)16-10-12-26-13-11-16)21(30)23(31)28(19)25-27-14(3)22(35-25)24(32)34-5-2/h6-13,19,29H,4-5H2,1-3H3. The van der Waals surface area contributed by atoms with E-state index >= 15 is 0 Å². The van der Waals surface area contributed by atoms with E-state index in [1.54, 1.807) is 50.2 Å². The second-order valence-corrected chi connectivity index (χ2v) is 8.52. The molecule has 0 spiro atoms. The van der Waals surface area contributed by atoms with Crippen LogP contribution >= 0.6 is 11.3 Å². The molecule has 1 unspecified atom stereocenters. The molecule has 10 heteroatoms. The lowest BCUT2D eigenvalue weighted by atomic mass is 9.95. The third-order valence-electron chi connectivity index (χ3n) is 5.36. The number of hydrogen-bond donors (Lipinski definition) is 1. The zero-order valence-corrected chi connectivity index (χ0v) is 20.2. The second kappa shape index (κ2) is 10.1. The summed E-state index contributed by atoms with van der Waals surface area (Å²) >= 11 is 0.958. The molecule has 1 N–H and O–H groups in total. The number of hydrogen-bond acceptors (Lipinski definition) is 9. The molecule has 0 radical (unpaired) electrons. The fourth-order valence-electron chi connectivity index (χ4n) is 3.79. The van der Waals surface area contributed by atoms with Crippen molar-refractivity contribution in [3.8, 4) is 5.75 Å². The average Bonchev–Trinajstić information content (AvgIpc) is 3.37. The molecule has 1 amide bonds. The number of anilines is 1. The van der Waals surface area contributed by atoms with Crippen LogP contribution in [0.4, 0.5) is 5.13 Å². The van der Waals surface area contributed by atoms with Crippen molar-refractivity contribution in [1.29, 1.82) is 0 Å². The minimum absolute atomic E-state index is 0.0871. The van der Waals surface area contributed by atoms with Crippen molar-refractivity contribution in [1.82, 2.24) is 9.97 Å². The van der Waals surface area contributed by atoms with Gasteiger partial charge in [-0.2, -0.15) is 0 Å². The number of aliphatic hydroxyl groups is 1. The minimum Gasteiger partial charge on any atom is -0.507 e. The van der Waals surface area contributed by atoms with Gasteiger partial charge in [0.25, 0.3) is 5.78 Å². The molecular formula is C25H23N3O6S. The number of aryl methyl sites for hydroxylation is 1. The number of Topliss-reactive ketones (excluding diaryl/α,β-unsaturated/α-hetero) is 1. The van der Waals surface area contributed by atoms with Crippen LogP contribution in [0.25, 0.3) is 5.76 Å². The number of carbonyl (C=O) groups is 3. The van der Waals surface area contributed by atoms with Crippen molar-refractivity contribution in [2.75, 3.05) is 18.1 Å². The molecule has 0 aliphatic carbocycles. The highest BCUT2D eigenvalue weighted by atomic mass is 32.1. The molecule has 2 aromatic heterocycles. The van der Waals surface area contributed by atoms with Gasteiger partial charge in [0.05, 0.1) is 30.5 Å². The molecule has 1 saturated heterocycles. The van der Waals surface area contributed by atoms with E-state index in [1.165, 1.54) is 17.3 Å². The summed E-state index contributed by atoms with van der Waals surface area (Å²) in [6.07, 6.45) is 2.96. The van der Waals surface area contributed by atoms with Gasteiger partial charge in [0.2, 0.25) is 0 Å². The number of aromatic nitrogens is 2. The Morgan fingerprint density at radius 2 is 1.77 bits per heavy atom. The van der Waals surface area contributed by atoms with E-state index in [1.807, 2.05) is 6.92 Å². The van der Waals surface area contributed by atoms with Crippen molar-refractivity contribution in [2.24, 2.45) is 0 Å². The van der Waals surface area contributed by atoms with Crippen molar-refractivity contribution in [2.45, 2.75) is 26.8 Å². The highest BCUT2D eigenvalue weighted by Gasteiger charge is 2.48. The lowest BCUT2D eigenvalue weighted by Crippen LogP contribution is -2.29. The number of rotatable bonds is 7. The summed E-state index contributed by atoms with van der Waals surface area (Å²) in [5, 5.41) is 11.3. The third kappa shape index (κ3) is 4.52. The molecule has 4 rings (SSSR count). The number of thiazole rings is 1. The zero-order chi connectivity index (χ0) is 25.1. The maximum absolute atomic E-state index is 13.3. The van der Waals surface area contributed by atoms with E-state index in [-0.39, 0.29) is 27.9 Å². The molecule has 180 valence electrons. The Morgan fingerprint density at radius 1 is 1.09 bits per heavy atom. The summed E-state index contributed by atoms with van der Waals surface area (Å²) in [6, 6.07) is 9.02. The summed E-state index contributed by atoms with van der Waals surface area (Å²) in [7, 11) is 0. The van der Waals surface area contributed by atoms with Crippen LogP contribution in [0.2, 0.25) is 0 Å². The van der Waals surface area contributed by atoms with E-state index < -0.39 is 23.7 Å². The molecule has 0 bridgehead atoms. The van der Waals surface area contributed by atoms with Gasteiger partial charge in [-0.3, -0.25) is 19.5 Å². The lowest BCUT2D eigenvalue weighted by molar-refractivity contribution is -0.132. The Hall–Kier alpha value is -4.05. The summed E-state index contributed by atoms with van der Waals surface area (Å²) in [5.74, 6) is -1.98. The van der Waals surface area contributed by atoms with E-state index in [0.29, 0.717) is 29.2 Å². The summed E-state index contributed by atoms with van der Waals surface area (Å²) in [6.45, 7) is 5.86. The third-order valence-corrected chi connectivity index (χ3v) is 6.49. The Labute approximate surface area is 205 Å². The number of amides is 1. The molecule has 0 saturated carbocycles. The molecule has 1 fully saturated rings. The summed E-state index contributed by atoms with van der Waals surface area (Å²) in [5.41, 5.74) is 1.20. The first kappa shape index (κ1) is 24.1. The summed E-state index contributed by atoms with van der Waals surface area (Å²) in [4.78, 5) is 48.6. The molecule has 1 atom stereocenters. The highest BCUT2D eigenvalue weighted by Crippen LogP contribution is 2.44. The van der Waals surface area contributed by atoms with Gasteiger partial charge < -0.3 is 14.6 Å². The van der Waals surface area contributed by atoms with Crippen molar-refractivity contribution in [3.63, 3.8) is 0 Å². The van der Waals surface area contributed by atoms with Crippen LogP contribution in [-0.4, -0.2) is 45.9 Å². The normalized spacial score (nSPS) is 17.0. The lowest BCUT2D eigenvalue weighted by Gasteiger charge is -2.23. The topological polar surface area (TPSA) is 119 Å². The van der Waals surface area contributed by atoms with Gasteiger partial charge >= 0.3 is 11.9 Å². The molecule has 1 aromatic carbocycles. The Morgan fingerprint density at radius 3 is 2.40 bits per heavy atom. The number of aliphatic hydroxyl groups excluding tert-OH is 1. The van der Waals surface area contributed by atoms with Crippen molar-refractivity contribution >= 4 is 39.9 Å². The Balaban J connectivity index is 1.88. The number of benzene rings is 1. The van der Waals surface area contributed by atoms with Gasteiger partial charge in [-0.1, -0.05) is 23.5 Å². The fraction of sp³-hybridized carbons (Fsp3) is 0.240. The molecule has 1 aliphatic heterocycles. The van der Waals surface area contributed by atoms with Crippen LogP contribution in [-0.2, 0) is 14.3 Å². The number of carbonyl (C=O) groups excluding carboxylic acids is 3. The molecule has 3 aromatic rings. The highest BCUT2D eigenvalue weighted by molar-refractivity contribution is 7.17. The van der Waals surface area contributed by atoms with Crippen LogP contribution < -0.4 is 9.64 Å². The number of ether oxygens (including phenoxy) is 2. The summed E-state index contributed by atoms with van der Waals surface area (Å²) < 4.78 is 10.6. The molecule has 3 heterocycles. The smallest absolute Gasteiger partial charge is 0.350 e. The Bertz CT molecular complexity index is 1300. The largest absolute Gasteiger partial charge is 0.507 e. The second-order valence-electron chi connectivity index (χ2n) is 7.54. The van der Waals surface area contributed by atoms with Crippen molar-refractivity contribution < 1.29 is 29.0 Å². The predicted molar refractivity (Wildman–Crippen MR) is 129 cm³/mol. The van der Waals surface area contributed by atoms with E-state index in [4.69, 9.17) is 9.47 Å². The number of esters is 1. The SMILES string of the molecule is CCOC(=O)c1sc(N2C(=O)C(=O)C(=C(O)c3ccncc3)C2c2ccc(OCC)cc2)nc1C. The number of ketones is 1. The number of pyridine rings is 1. The first-order valence-corrected chi connectivity index (χ1v) is 11.8. The van der Waals surface area contributed by atoms with Gasteiger partial charge in [0.15, 0.2) is 5.13 Å². The van der Waals surface area contributed by atoms with Crippen LogP contribution in [0.5, 0.6) is 5.75 Å².